The maximum absolute atomic E-state index is 6.29. The molecule has 3 rings (SSSR count). The van der Waals surface area contributed by atoms with E-state index in [1.807, 2.05) is 36.1 Å². The SMILES string of the molecule is Cn1ncc(N2CCC(N)CC2)c1Cc1ccccc1Cl. The first-order valence-electron chi connectivity index (χ1n) is 7.40. The third kappa shape index (κ3) is 3.06. The minimum absolute atomic E-state index is 0.338. The summed E-state index contributed by atoms with van der Waals surface area (Å²) in [5.41, 5.74) is 9.55. The van der Waals surface area contributed by atoms with Gasteiger partial charge in [0, 0.05) is 37.6 Å². The summed E-state index contributed by atoms with van der Waals surface area (Å²) in [5.74, 6) is 0. The van der Waals surface area contributed by atoms with Crippen LogP contribution in [0.1, 0.15) is 24.1 Å². The fraction of sp³-hybridized carbons (Fsp3) is 0.438. The van der Waals surface area contributed by atoms with Gasteiger partial charge in [-0.2, -0.15) is 5.10 Å². The summed E-state index contributed by atoms with van der Waals surface area (Å²) in [6.45, 7) is 2.00. The molecule has 0 atom stereocenters. The number of nitrogens with zero attached hydrogens (tertiary/aromatic N) is 3. The zero-order valence-corrected chi connectivity index (χ0v) is 13.1. The lowest BCUT2D eigenvalue weighted by Gasteiger charge is -2.31. The van der Waals surface area contributed by atoms with Crippen molar-refractivity contribution < 1.29 is 0 Å². The molecular formula is C16H21ClN4. The predicted octanol–water partition coefficient (Wildman–Crippen LogP) is 2.59. The number of aryl methyl sites for hydroxylation is 1. The van der Waals surface area contributed by atoms with E-state index in [2.05, 4.69) is 16.1 Å². The van der Waals surface area contributed by atoms with Crippen molar-refractivity contribution in [1.29, 1.82) is 0 Å². The quantitative estimate of drug-likeness (QED) is 0.948. The van der Waals surface area contributed by atoms with Crippen LogP contribution in [0.25, 0.3) is 0 Å². The third-order valence-electron chi connectivity index (χ3n) is 4.24. The molecule has 4 nitrogen and oxygen atoms in total. The average molecular weight is 305 g/mol. The van der Waals surface area contributed by atoms with Gasteiger partial charge in [0.2, 0.25) is 0 Å². The first kappa shape index (κ1) is 14.4. The Morgan fingerprint density at radius 1 is 1.29 bits per heavy atom. The van der Waals surface area contributed by atoms with E-state index in [1.54, 1.807) is 0 Å². The van der Waals surface area contributed by atoms with Gasteiger partial charge in [0.15, 0.2) is 0 Å². The van der Waals surface area contributed by atoms with Gasteiger partial charge < -0.3 is 10.6 Å². The van der Waals surface area contributed by atoms with E-state index in [9.17, 15) is 0 Å². The lowest BCUT2D eigenvalue weighted by atomic mass is 10.0. The number of benzene rings is 1. The Morgan fingerprint density at radius 3 is 2.71 bits per heavy atom. The Morgan fingerprint density at radius 2 is 2.00 bits per heavy atom. The van der Waals surface area contributed by atoms with Gasteiger partial charge >= 0.3 is 0 Å². The molecule has 112 valence electrons. The summed E-state index contributed by atoms with van der Waals surface area (Å²) < 4.78 is 1.95. The molecule has 0 unspecified atom stereocenters. The number of rotatable bonds is 3. The van der Waals surface area contributed by atoms with Gasteiger partial charge in [-0.25, -0.2) is 0 Å². The van der Waals surface area contributed by atoms with Gasteiger partial charge in [-0.05, 0) is 24.5 Å². The highest BCUT2D eigenvalue weighted by molar-refractivity contribution is 6.31. The fourth-order valence-electron chi connectivity index (χ4n) is 2.88. The monoisotopic (exact) mass is 304 g/mol. The summed E-state index contributed by atoms with van der Waals surface area (Å²) in [6, 6.07) is 8.34. The fourth-order valence-corrected chi connectivity index (χ4v) is 3.09. The molecule has 0 radical (unpaired) electrons. The molecule has 5 heteroatoms. The molecule has 2 aromatic rings. The molecule has 1 fully saturated rings. The molecule has 0 amide bonds. The molecule has 1 aromatic heterocycles. The predicted molar refractivity (Wildman–Crippen MR) is 86.9 cm³/mol. The van der Waals surface area contributed by atoms with E-state index >= 15 is 0 Å². The summed E-state index contributed by atoms with van der Waals surface area (Å²) >= 11 is 6.29. The number of aromatic nitrogens is 2. The van der Waals surface area contributed by atoms with Crippen molar-refractivity contribution in [2.75, 3.05) is 18.0 Å². The van der Waals surface area contributed by atoms with Crippen LogP contribution in [0.2, 0.25) is 5.02 Å². The van der Waals surface area contributed by atoms with Crippen molar-refractivity contribution in [2.45, 2.75) is 25.3 Å². The molecule has 21 heavy (non-hydrogen) atoms. The molecule has 0 spiro atoms. The number of halogens is 1. The second kappa shape index (κ2) is 6.08. The normalized spacial score (nSPS) is 16.4. The van der Waals surface area contributed by atoms with E-state index in [-0.39, 0.29) is 0 Å². The maximum atomic E-state index is 6.29. The van der Waals surface area contributed by atoms with Crippen molar-refractivity contribution in [1.82, 2.24) is 9.78 Å². The van der Waals surface area contributed by atoms with Gasteiger partial charge in [-0.15, -0.1) is 0 Å². The van der Waals surface area contributed by atoms with Gasteiger partial charge in [0.05, 0.1) is 17.6 Å². The molecule has 0 aliphatic carbocycles. The standard InChI is InChI=1S/C16H21ClN4/c1-20-15(10-12-4-2-3-5-14(12)17)16(11-19-20)21-8-6-13(18)7-9-21/h2-5,11,13H,6-10,18H2,1H3. The first-order chi connectivity index (χ1) is 10.1. The molecule has 1 saturated heterocycles. The largest absolute Gasteiger partial charge is 0.369 e. The van der Waals surface area contributed by atoms with Crippen molar-refractivity contribution in [2.24, 2.45) is 12.8 Å². The minimum Gasteiger partial charge on any atom is -0.369 e. The number of anilines is 1. The Balaban J connectivity index is 1.86. The van der Waals surface area contributed by atoms with Crippen LogP contribution < -0.4 is 10.6 Å². The van der Waals surface area contributed by atoms with Crippen LogP contribution in [0.4, 0.5) is 5.69 Å². The van der Waals surface area contributed by atoms with E-state index < -0.39 is 0 Å². The first-order valence-corrected chi connectivity index (χ1v) is 7.77. The van der Waals surface area contributed by atoms with Crippen molar-refractivity contribution in [3.8, 4) is 0 Å². The minimum atomic E-state index is 0.338. The summed E-state index contributed by atoms with van der Waals surface area (Å²) in [7, 11) is 1.99. The molecule has 2 N–H and O–H groups in total. The lowest BCUT2D eigenvalue weighted by molar-refractivity contribution is 0.500. The Bertz CT molecular complexity index is 614. The second-order valence-electron chi connectivity index (χ2n) is 5.69. The highest BCUT2D eigenvalue weighted by atomic mass is 35.5. The number of piperidine rings is 1. The number of hydrogen-bond acceptors (Lipinski definition) is 3. The molecule has 1 aliphatic heterocycles. The van der Waals surface area contributed by atoms with Crippen LogP contribution in [0.3, 0.4) is 0 Å². The molecule has 2 heterocycles. The van der Waals surface area contributed by atoms with Crippen molar-refractivity contribution >= 4 is 17.3 Å². The zero-order chi connectivity index (χ0) is 14.8. The molecular weight excluding hydrogens is 284 g/mol. The third-order valence-corrected chi connectivity index (χ3v) is 4.60. The topological polar surface area (TPSA) is 47.1 Å². The van der Waals surface area contributed by atoms with Crippen LogP contribution in [0.5, 0.6) is 0 Å². The average Bonchev–Trinajstić information content (AvgIpc) is 2.84. The van der Waals surface area contributed by atoms with E-state index in [0.29, 0.717) is 6.04 Å². The molecule has 0 saturated carbocycles. The van der Waals surface area contributed by atoms with Crippen LogP contribution in [0.15, 0.2) is 30.5 Å². The Hall–Kier alpha value is -1.52. The highest BCUT2D eigenvalue weighted by Gasteiger charge is 2.21. The zero-order valence-electron chi connectivity index (χ0n) is 12.3. The van der Waals surface area contributed by atoms with Gasteiger partial charge in [-0.1, -0.05) is 29.8 Å². The van der Waals surface area contributed by atoms with E-state index in [0.717, 1.165) is 42.9 Å². The Kier molecular flexibility index (Phi) is 4.17. The van der Waals surface area contributed by atoms with Gasteiger partial charge in [-0.3, -0.25) is 4.68 Å². The Labute approximate surface area is 130 Å². The molecule has 1 aromatic carbocycles. The summed E-state index contributed by atoms with van der Waals surface area (Å²) in [4.78, 5) is 2.39. The van der Waals surface area contributed by atoms with E-state index in [4.69, 9.17) is 17.3 Å². The lowest BCUT2D eigenvalue weighted by Crippen LogP contribution is -2.40. The maximum Gasteiger partial charge on any atom is 0.0788 e. The van der Waals surface area contributed by atoms with Crippen LogP contribution >= 0.6 is 11.6 Å². The van der Waals surface area contributed by atoms with E-state index in [1.165, 1.54) is 11.4 Å². The van der Waals surface area contributed by atoms with Crippen LogP contribution in [-0.2, 0) is 13.5 Å². The number of nitrogens with two attached hydrogens (primary N) is 1. The van der Waals surface area contributed by atoms with Crippen LogP contribution in [0, 0.1) is 0 Å². The van der Waals surface area contributed by atoms with Gasteiger partial charge in [0.1, 0.15) is 0 Å². The van der Waals surface area contributed by atoms with Crippen LogP contribution in [-0.4, -0.2) is 28.9 Å². The molecule has 1 aliphatic rings. The number of hydrogen-bond donors (Lipinski definition) is 1. The smallest absolute Gasteiger partial charge is 0.0788 e. The summed E-state index contributed by atoms with van der Waals surface area (Å²) in [5, 5.41) is 5.25. The highest BCUT2D eigenvalue weighted by Crippen LogP contribution is 2.27. The molecule has 0 bridgehead atoms. The summed E-state index contributed by atoms with van der Waals surface area (Å²) in [6.07, 6.45) is 4.85. The van der Waals surface area contributed by atoms with Crippen molar-refractivity contribution in [3.05, 3.63) is 46.7 Å². The van der Waals surface area contributed by atoms with Crippen molar-refractivity contribution in [3.63, 3.8) is 0 Å². The van der Waals surface area contributed by atoms with Gasteiger partial charge in [0.25, 0.3) is 0 Å². The second-order valence-corrected chi connectivity index (χ2v) is 6.10.